The second-order valence-corrected chi connectivity index (χ2v) is 9.28. The maximum absolute atomic E-state index is 13.8. The van der Waals surface area contributed by atoms with E-state index in [4.69, 9.17) is 9.47 Å². The lowest BCUT2D eigenvalue weighted by atomic mass is 9.83. The SMILES string of the molecule is CC(C)c1c(C=CC#N)c(-c2ccc(F)cc2)c(OCc2ccccc2)c2c1CC(C)(C)O2. The van der Waals surface area contributed by atoms with Crippen LogP contribution in [0.2, 0.25) is 0 Å². The van der Waals surface area contributed by atoms with Gasteiger partial charge in [-0.15, -0.1) is 0 Å². The minimum Gasteiger partial charge on any atom is -0.484 e. The molecule has 0 atom stereocenters. The summed E-state index contributed by atoms with van der Waals surface area (Å²) in [4.78, 5) is 0. The first-order valence-electron chi connectivity index (χ1n) is 11.2. The van der Waals surface area contributed by atoms with Crippen molar-refractivity contribution in [2.45, 2.75) is 52.2 Å². The Morgan fingerprint density at radius 2 is 1.82 bits per heavy atom. The first-order chi connectivity index (χ1) is 15.8. The van der Waals surface area contributed by atoms with Crippen molar-refractivity contribution in [1.29, 1.82) is 5.26 Å². The summed E-state index contributed by atoms with van der Waals surface area (Å²) in [5.74, 6) is 1.26. The van der Waals surface area contributed by atoms with Gasteiger partial charge >= 0.3 is 0 Å². The third-order valence-electron chi connectivity index (χ3n) is 5.83. The predicted octanol–water partition coefficient (Wildman–Crippen LogP) is 7.45. The summed E-state index contributed by atoms with van der Waals surface area (Å²) < 4.78 is 26.7. The Kier molecular flexibility index (Phi) is 6.24. The van der Waals surface area contributed by atoms with Crippen molar-refractivity contribution in [1.82, 2.24) is 0 Å². The number of halogens is 1. The molecule has 3 nitrogen and oxygen atoms in total. The molecule has 0 bridgehead atoms. The van der Waals surface area contributed by atoms with Crippen LogP contribution in [0.4, 0.5) is 4.39 Å². The average molecular weight is 442 g/mol. The molecule has 1 heterocycles. The Hall–Kier alpha value is -3.58. The third-order valence-corrected chi connectivity index (χ3v) is 5.83. The van der Waals surface area contributed by atoms with Crippen molar-refractivity contribution in [2.24, 2.45) is 0 Å². The number of ether oxygens (including phenoxy) is 2. The lowest BCUT2D eigenvalue weighted by Crippen LogP contribution is -2.25. The lowest BCUT2D eigenvalue weighted by molar-refractivity contribution is 0.131. The van der Waals surface area contributed by atoms with Gasteiger partial charge in [-0.1, -0.05) is 56.3 Å². The number of benzene rings is 3. The molecular formula is C29H28FNO2. The topological polar surface area (TPSA) is 42.2 Å². The van der Waals surface area contributed by atoms with E-state index in [1.165, 1.54) is 18.2 Å². The fourth-order valence-corrected chi connectivity index (χ4v) is 4.54. The first kappa shape index (κ1) is 22.6. The summed E-state index contributed by atoms with van der Waals surface area (Å²) in [6.07, 6.45) is 4.08. The van der Waals surface area contributed by atoms with Crippen LogP contribution in [0.3, 0.4) is 0 Å². The lowest BCUT2D eigenvalue weighted by Gasteiger charge is -2.24. The molecule has 0 radical (unpaired) electrons. The van der Waals surface area contributed by atoms with Crippen LogP contribution in [-0.2, 0) is 13.0 Å². The van der Waals surface area contributed by atoms with Gasteiger partial charge in [-0.05, 0) is 60.2 Å². The number of nitrogens with zero attached hydrogens (tertiary/aromatic N) is 1. The Morgan fingerprint density at radius 1 is 1.12 bits per heavy atom. The molecule has 0 unspecified atom stereocenters. The molecule has 1 aliphatic heterocycles. The van der Waals surface area contributed by atoms with Crippen molar-refractivity contribution < 1.29 is 13.9 Å². The van der Waals surface area contributed by atoms with Crippen molar-refractivity contribution in [3.8, 4) is 28.7 Å². The molecule has 1 aliphatic rings. The molecule has 3 aromatic carbocycles. The van der Waals surface area contributed by atoms with Crippen LogP contribution in [-0.4, -0.2) is 5.60 Å². The normalized spacial score (nSPS) is 14.2. The second kappa shape index (κ2) is 9.11. The highest BCUT2D eigenvalue weighted by atomic mass is 19.1. The van der Waals surface area contributed by atoms with Crippen LogP contribution in [0.15, 0.2) is 60.7 Å². The minimum atomic E-state index is -0.380. The van der Waals surface area contributed by atoms with E-state index in [9.17, 15) is 9.65 Å². The Balaban J connectivity index is 2.01. The fourth-order valence-electron chi connectivity index (χ4n) is 4.54. The van der Waals surface area contributed by atoms with E-state index in [0.29, 0.717) is 12.4 Å². The van der Waals surface area contributed by atoms with Crippen LogP contribution in [0, 0.1) is 17.1 Å². The molecule has 0 spiro atoms. The Bertz CT molecular complexity index is 1220. The number of allylic oxidation sites excluding steroid dienone is 1. The van der Waals surface area contributed by atoms with E-state index in [1.807, 2.05) is 36.4 Å². The third kappa shape index (κ3) is 4.64. The molecule has 0 aromatic heterocycles. The standard InChI is InChI=1S/C29H28FNO2/c1-19(2)25-23(11-8-16-31)26(21-12-14-22(30)15-13-21)28(27-24(25)17-29(3,4)33-27)32-18-20-9-6-5-7-10-20/h5-15,19H,17-18H2,1-4H3. The van der Waals surface area contributed by atoms with Crippen molar-refractivity contribution in [2.75, 3.05) is 0 Å². The number of rotatable bonds is 6. The highest BCUT2D eigenvalue weighted by Crippen LogP contribution is 2.53. The number of nitriles is 1. The Morgan fingerprint density at radius 3 is 2.45 bits per heavy atom. The van der Waals surface area contributed by atoms with Crippen molar-refractivity contribution in [3.05, 3.63) is 88.7 Å². The molecule has 0 saturated carbocycles. The van der Waals surface area contributed by atoms with Crippen LogP contribution in [0.25, 0.3) is 17.2 Å². The molecule has 0 aliphatic carbocycles. The van der Waals surface area contributed by atoms with Gasteiger partial charge in [0.2, 0.25) is 0 Å². The van der Waals surface area contributed by atoms with Gasteiger partial charge in [0.15, 0.2) is 11.5 Å². The van der Waals surface area contributed by atoms with E-state index in [2.05, 4.69) is 33.8 Å². The number of fused-ring (bicyclic) bond motifs is 1. The minimum absolute atomic E-state index is 0.192. The van der Waals surface area contributed by atoms with Gasteiger partial charge in [0.25, 0.3) is 0 Å². The molecule has 4 rings (SSSR count). The van der Waals surface area contributed by atoms with Gasteiger partial charge in [0, 0.05) is 23.6 Å². The summed E-state index contributed by atoms with van der Waals surface area (Å²) in [7, 11) is 0. The van der Waals surface area contributed by atoms with Gasteiger partial charge < -0.3 is 9.47 Å². The zero-order valence-corrected chi connectivity index (χ0v) is 19.5. The molecule has 3 aromatic rings. The van der Waals surface area contributed by atoms with Crippen LogP contribution >= 0.6 is 0 Å². The van der Waals surface area contributed by atoms with Crippen LogP contribution in [0.1, 0.15) is 55.9 Å². The summed E-state index contributed by atoms with van der Waals surface area (Å²) in [5, 5.41) is 9.31. The van der Waals surface area contributed by atoms with Gasteiger partial charge in [0.05, 0.1) is 6.07 Å². The van der Waals surface area contributed by atoms with E-state index < -0.39 is 0 Å². The summed E-state index contributed by atoms with van der Waals surface area (Å²) in [6.45, 7) is 8.79. The first-order valence-corrected chi connectivity index (χ1v) is 11.2. The van der Waals surface area contributed by atoms with E-state index >= 15 is 0 Å². The van der Waals surface area contributed by atoms with E-state index in [1.54, 1.807) is 12.1 Å². The molecule has 0 fully saturated rings. The van der Waals surface area contributed by atoms with Crippen molar-refractivity contribution >= 4 is 6.08 Å². The molecule has 0 amide bonds. The zero-order chi connectivity index (χ0) is 23.6. The summed E-state index contributed by atoms with van der Waals surface area (Å²) in [6, 6.07) is 18.5. The van der Waals surface area contributed by atoms with Crippen molar-refractivity contribution in [3.63, 3.8) is 0 Å². The quantitative estimate of drug-likeness (QED) is 0.373. The average Bonchev–Trinajstić information content (AvgIpc) is 3.11. The highest BCUT2D eigenvalue weighted by Gasteiger charge is 2.38. The number of hydrogen-bond acceptors (Lipinski definition) is 3. The second-order valence-electron chi connectivity index (χ2n) is 9.28. The zero-order valence-electron chi connectivity index (χ0n) is 19.5. The van der Waals surface area contributed by atoms with Gasteiger partial charge in [0.1, 0.15) is 18.0 Å². The predicted molar refractivity (Wildman–Crippen MR) is 130 cm³/mol. The molecular weight excluding hydrogens is 413 g/mol. The fraction of sp³-hybridized carbons (Fsp3) is 0.276. The smallest absolute Gasteiger partial charge is 0.170 e. The largest absolute Gasteiger partial charge is 0.484 e. The Labute approximate surface area is 195 Å². The molecule has 0 saturated heterocycles. The molecule has 0 N–H and O–H groups in total. The van der Waals surface area contributed by atoms with Crippen LogP contribution < -0.4 is 9.47 Å². The summed E-state index contributed by atoms with van der Waals surface area (Å²) >= 11 is 0. The monoisotopic (exact) mass is 441 g/mol. The van der Waals surface area contributed by atoms with Crippen LogP contribution in [0.5, 0.6) is 11.5 Å². The molecule has 168 valence electrons. The maximum Gasteiger partial charge on any atom is 0.170 e. The molecule has 4 heteroatoms. The van der Waals surface area contributed by atoms with Gasteiger partial charge in [-0.3, -0.25) is 0 Å². The number of hydrogen-bond donors (Lipinski definition) is 0. The van der Waals surface area contributed by atoms with E-state index in [0.717, 1.165) is 45.6 Å². The van der Waals surface area contributed by atoms with E-state index in [-0.39, 0.29) is 17.3 Å². The maximum atomic E-state index is 13.8. The molecule has 33 heavy (non-hydrogen) atoms. The highest BCUT2D eigenvalue weighted by molar-refractivity contribution is 5.87. The van der Waals surface area contributed by atoms with Gasteiger partial charge in [-0.25, -0.2) is 4.39 Å². The van der Waals surface area contributed by atoms with Gasteiger partial charge in [-0.2, -0.15) is 5.26 Å². The summed E-state index contributed by atoms with van der Waals surface area (Å²) in [5.41, 5.74) is 5.45.